The van der Waals surface area contributed by atoms with Crippen LogP contribution in [0.3, 0.4) is 0 Å². The SMILES string of the molecule is CNC(c1cncc(F)c1)C1(N2CCCCC2)CCCC1. The van der Waals surface area contributed by atoms with Crippen LogP contribution in [-0.4, -0.2) is 35.6 Å². The molecule has 2 heterocycles. The number of nitrogens with one attached hydrogen (secondary N) is 1. The molecule has 1 saturated carbocycles. The maximum absolute atomic E-state index is 13.6. The molecule has 2 aliphatic rings. The van der Waals surface area contributed by atoms with Gasteiger partial charge in [-0.1, -0.05) is 19.3 Å². The highest BCUT2D eigenvalue weighted by Crippen LogP contribution is 2.45. The number of aromatic nitrogens is 1. The highest BCUT2D eigenvalue weighted by Gasteiger charge is 2.46. The number of likely N-dealkylation sites (N-methyl/N-ethyl adjacent to an activating group) is 1. The van der Waals surface area contributed by atoms with Crippen LogP contribution in [0.15, 0.2) is 18.5 Å². The van der Waals surface area contributed by atoms with Crippen molar-refractivity contribution < 1.29 is 4.39 Å². The topological polar surface area (TPSA) is 28.2 Å². The first-order valence-electron chi connectivity index (χ1n) is 8.29. The second kappa shape index (κ2) is 6.41. The highest BCUT2D eigenvalue weighted by molar-refractivity contribution is 5.22. The molecule has 1 unspecified atom stereocenters. The molecule has 0 aromatic carbocycles. The molecule has 0 bridgehead atoms. The first-order valence-corrected chi connectivity index (χ1v) is 8.29. The lowest BCUT2D eigenvalue weighted by atomic mass is 9.81. The largest absolute Gasteiger partial charge is 0.311 e. The van der Waals surface area contributed by atoms with Crippen LogP contribution in [-0.2, 0) is 0 Å². The summed E-state index contributed by atoms with van der Waals surface area (Å²) in [4.78, 5) is 6.74. The van der Waals surface area contributed by atoms with Crippen LogP contribution in [0.1, 0.15) is 56.6 Å². The summed E-state index contributed by atoms with van der Waals surface area (Å²) < 4.78 is 13.6. The molecule has 1 aromatic heterocycles. The van der Waals surface area contributed by atoms with Crippen molar-refractivity contribution in [3.8, 4) is 0 Å². The minimum absolute atomic E-state index is 0.143. The zero-order valence-electron chi connectivity index (χ0n) is 12.9. The van der Waals surface area contributed by atoms with Gasteiger partial charge in [0.1, 0.15) is 5.82 Å². The molecule has 1 saturated heterocycles. The average molecular weight is 291 g/mol. The lowest BCUT2D eigenvalue weighted by Gasteiger charge is -2.48. The Morgan fingerprint density at radius 3 is 2.48 bits per heavy atom. The molecule has 4 heteroatoms. The molecule has 0 spiro atoms. The van der Waals surface area contributed by atoms with Crippen molar-refractivity contribution in [2.45, 2.75) is 56.5 Å². The van der Waals surface area contributed by atoms with Gasteiger partial charge in [-0.2, -0.15) is 0 Å². The lowest BCUT2D eigenvalue weighted by molar-refractivity contribution is 0.0382. The second-order valence-corrected chi connectivity index (χ2v) is 6.52. The van der Waals surface area contributed by atoms with Crippen LogP contribution >= 0.6 is 0 Å². The molecular formula is C17H26FN3. The molecule has 21 heavy (non-hydrogen) atoms. The summed E-state index contributed by atoms with van der Waals surface area (Å²) >= 11 is 0. The highest BCUT2D eigenvalue weighted by atomic mass is 19.1. The standard InChI is InChI=1S/C17H26FN3/c1-19-16(14-11-15(18)13-20-12-14)17(7-3-4-8-17)21-9-5-2-6-10-21/h11-13,16,19H,2-10H2,1H3. The Kier molecular flexibility index (Phi) is 4.55. The molecule has 2 fully saturated rings. The Balaban J connectivity index is 1.93. The summed E-state index contributed by atoms with van der Waals surface area (Å²) in [6.07, 6.45) is 12.0. The van der Waals surface area contributed by atoms with Gasteiger partial charge in [-0.15, -0.1) is 0 Å². The van der Waals surface area contributed by atoms with Crippen molar-refractivity contribution >= 4 is 0 Å². The zero-order chi connectivity index (χ0) is 14.7. The van der Waals surface area contributed by atoms with Crippen LogP contribution in [0, 0.1) is 5.82 Å². The second-order valence-electron chi connectivity index (χ2n) is 6.52. The lowest BCUT2D eigenvalue weighted by Crippen LogP contribution is -2.56. The summed E-state index contributed by atoms with van der Waals surface area (Å²) in [6, 6.07) is 1.82. The molecule has 1 N–H and O–H groups in total. The number of halogens is 1. The van der Waals surface area contributed by atoms with Gasteiger partial charge in [0.25, 0.3) is 0 Å². The third-order valence-corrected chi connectivity index (χ3v) is 5.34. The molecule has 0 radical (unpaired) electrons. The first kappa shape index (κ1) is 14.9. The molecule has 1 aliphatic heterocycles. The van der Waals surface area contributed by atoms with E-state index in [0.717, 1.165) is 5.56 Å². The van der Waals surface area contributed by atoms with E-state index < -0.39 is 0 Å². The minimum atomic E-state index is -0.237. The van der Waals surface area contributed by atoms with Gasteiger partial charge >= 0.3 is 0 Å². The number of nitrogens with zero attached hydrogens (tertiary/aromatic N) is 2. The number of rotatable bonds is 4. The van der Waals surface area contributed by atoms with E-state index in [1.807, 2.05) is 13.2 Å². The summed E-state index contributed by atoms with van der Waals surface area (Å²) in [6.45, 7) is 2.36. The smallest absolute Gasteiger partial charge is 0.141 e. The van der Waals surface area contributed by atoms with Crippen molar-refractivity contribution in [2.24, 2.45) is 0 Å². The summed E-state index contributed by atoms with van der Waals surface area (Å²) in [7, 11) is 2.00. The van der Waals surface area contributed by atoms with E-state index in [1.165, 1.54) is 64.2 Å². The Hall–Kier alpha value is -1.00. The fourth-order valence-electron chi connectivity index (χ4n) is 4.45. The molecule has 1 aromatic rings. The van der Waals surface area contributed by atoms with E-state index in [9.17, 15) is 4.39 Å². The molecule has 3 nitrogen and oxygen atoms in total. The fourth-order valence-corrected chi connectivity index (χ4v) is 4.45. The number of likely N-dealkylation sites (tertiary alicyclic amines) is 1. The van der Waals surface area contributed by atoms with E-state index >= 15 is 0 Å². The van der Waals surface area contributed by atoms with Gasteiger partial charge < -0.3 is 5.32 Å². The van der Waals surface area contributed by atoms with Crippen LogP contribution in [0.5, 0.6) is 0 Å². The van der Waals surface area contributed by atoms with Gasteiger partial charge in [-0.3, -0.25) is 9.88 Å². The van der Waals surface area contributed by atoms with Gasteiger partial charge in [0.15, 0.2) is 0 Å². The maximum atomic E-state index is 13.6. The Morgan fingerprint density at radius 2 is 1.86 bits per heavy atom. The third-order valence-electron chi connectivity index (χ3n) is 5.34. The van der Waals surface area contributed by atoms with Gasteiger partial charge in [0.05, 0.1) is 12.2 Å². The van der Waals surface area contributed by atoms with Crippen molar-refractivity contribution in [3.63, 3.8) is 0 Å². The first-order chi connectivity index (χ1) is 10.3. The van der Waals surface area contributed by atoms with E-state index in [0.29, 0.717) is 0 Å². The predicted octanol–water partition coefficient (Wildman–Crippen LogP) is 3.28. The number of pyridine rings is 1. The van der Waals surface area contributed by atoms with Crippen molar-refractivity contribution in [3.05, 3.63) is 29.8 Å². The molecule has 1 aliphatic carbocycles. The predicted molar refractivity (Wildman–Crippen MR) is 82.6 cm³/mol. The Bertz CT molecular complexity index is 465. The minimum Gasteiger partial charge on any atom is -0.311 e. The fraction of sp³-hybridized carbons (Fsp3) is 0.706. The molecule has 0 amide bonds. The Morgan fingerprint density at radius 1 is 1.14 bits per heavy atom. The Labute approximate surface area is 126 Å². The molecule has 1 atom stereocenters. The summed E-state index contributed by atoms with van der Waals surface area (Å²) in [5.41, 5.74) is 1.13. The van der Waals surface area contributed by atoms with E-state index in [1.54, 1.807) is 6.07 Å². The van der Waals surface area contributed by atoms with E-state index in [-0.39, 0.29) is 17.4 Å². The van der Waals surface area contributed by atoms with Crippen molar-refractivity contribution in [1.29, 1.82) is 0 Å². The maximum Gasteiger partial charge on any atom is 0.141 e. The van der Waals surface area contributed by atoms with Gasteiger partial charge in [0, 0.05) is 11.7 Å². The van der Waals surface area contributed by atoms with Gasteiger partial charge in [0.2, 0.25) is 0 Å². The van der Waals surface area contributed by atoms with Crippen LogP contribution < -0.4 is 5.32 Å². The number of hydrogen-bond donors (Lipinski definition) is 1. The number of hydrogen-bond acceptors (Lipinski definition) is 3. The third kappa shape index (κ3) is 2.84. The van der Waals surface area contributed by atoms with Crippen molar-refractivity contribution in [2.75, 3.05) is 20.1 Å². The zero-order valence-corrected chi connectivity index (χ0v) is 12.9. The van der Waals surface area contributed by atoms with Crippen LogP contribution in [0.4, 0.5) is 4.39 Å². The summed E-state index contributed by atoms with van der Waals surface area (Å²) in [5, 5.41) is 3.48. The van der Waals surface area contributed by atoms with Crippen molar-refractivity contribution in [1.82, 2.24) is 15.2 Å². The quantitative estimate of drug-likeness (QED) is 0.922. The van der Waals surface area contributed by atoms with Gasteiger partial charge in [-0.05, 0) is 57.5 Å². The molecule has 3 rings (SSSR count). The normalized spacial score (nSPS) is 24.1. The average Bonchev–Trinajstić information content (AvgIpc) is 3.00. The monoisotopic (exact) mass is 291 g/mol. The van der Waals surface area contributed by atoms with Gasteiger partial charge in [-0.25, -0.2) is 4.39 Å². The van der Waals surface area contributed by atoms with Crippen LogP contribution in [0.25, 0.3) is 0 Å². The van der Waals surface area contributed by atoms with E-state index in [4.69, 9.17) is 0 Å². The van der Waals surface area contributed by atoms with E-state index in [2.05, 4.69) is 15.2 Å². The van der Waals surface area contributed by atoms with Crippen LogP contribution in [0.2, 0.25) is 0 Å². The summed E-state index contributed by atoms with van der Waals surface area (Å²) in [5.74, 6) is -0.237. The molecular weight excluding hydrogens is 265 g/mol. The molecule has 116 valence electrons. The number of piperidine rings is 1.